The lowest BCUT2D eigenvalue weighted by molar-refractivity contribution is -0.0136. The van der Waals surface area contributed by atoms with Crippen molar-refractivity contribution in [3.05, 3.63) is 52.2 Å². The number of aliphatic hydroxyl groups is 1. The van der Waals surface area contributed by atoms with Crippen LogP contribution in [-0.2, 0) is 4.74 Å². The average Bonchev–Trinajstić information content (AvgIpc) is 3.30. The third kappa shape index (κ3) is 3.89. The van der Waals surface area contributed by atoms with Gasteiger partial charge in [0.1, 0.15) is 5.69 Å². The lowest BCUT2D eigenvalue weighted by atomic mass is 10.1. The van der Waals surface area contributed by atoms with Gasteiger partial charge in [-0.2, -0.15) is 0 Å². The van der Waals surface area contributed by atoms with Crippen LogP contribution in [0.4, 0.5) is 10.3 Å². The van der Waals surface area contributed by atoms with E-state index in [1.165, 1.54) is 12.8 Å². The first-order chi connectivity index (χ1) is 15.5. The van der Waals surface area contributed by atoms with Crippen LogP contribution in [0.3, 0.4) is 0 Å². The number of fused-ring (bicyclic) bond motifs is 1. The number of aryl methyl sites for hydroxylation is 1. The molecule has 3 heterocycles. The zero-order valence-corrected chi connectivity index (χ0v) is 18.1. The fourth-order valence-electron chi connectivity index (χ4n) is 4.96. The number of ether oxygens (including phenoxy) is 1. The SMILES string of the molecule is Cc1cc(=O)c2ccc(-c3nc(N[C@@H]4CCOC[C@H]4O)ncc3F)cc2n1C1CCCC1. The Labute approximate surface area is 185 Å². The zero-order valence-electron chi connectivity index (χ0n) is 18.1. The van der Waals surface area contributed by atoms with Crippen LogP contribution in [0, 0.1) is 12.7 Å². The predicted octanol–water partition coefficient (Wildman–Crippen LogP) is 3.58. The maximum atomic E-state index is 14.8. The molecule has 1 saturated carbocycles. The van der Waals surface area contributed by atoms with E-state index in [0.29, 0.717) is 30.0 Å². The molecule has 0 bridgehead atoms. The number of nitrogens with one attached hydrogen (secondary N) is 1. The first kappa shape index (κ1) is 21.0. The number of pyridine rings is 1. The molecule has 1 aromatic carbocycles. The van der Waals surface area contributed by atoms with Crippen molar-refractivity contribution in [1.82, 2.24) is 14.5 Å². The summed E-state index contributed by atoms with van der Waals surface area (Å²) in [6.45, 7) is 2.73. The summed E-state index contributed by atoms with van der Waals surface area (Å²) < 4.78 is 22.3. The number of anilines is 1. The Hall–Kier alpha value is -2.84. The number of hydrogen-bond acceptors (Lipinski definition) is 6. The number of aliphatic hydroxyl groups excluding tert-OH is 1. The molecular formula is C24H27FN4O3. The summed E-state index contributed by atoms with van der Waals surface area (Å²) in [5.41, 5.74) is 2.46. The molecule has 32 heavy (non-hydrogen) atoms. The van der Waals surface area contributed by atoms with Gasteiger partial charge in [0, 0.05) is 35.4 Å². The summed E-state index contributed by atoms with van der Waals surface area (Å²) in [6, 6.07) is 7.13. The Bertz CT molecular complexity index is 1210. The molecule has 2 fully saturated rings. The summed E-state index contributed by atoms with van der Waals surface area (Å²) in [5.74, 6) is -0.283. The normalized spacial score (nSPS) is 21.8. The van der Waals surface area contributed by atoms with E-state index in [2.05, 4.69) is 19.9 Å². The standard InChI is InChI=1S/C24H27FN4O3/c1-14-10-21(30)17-7-6-15(11-20(17)29(14)16-4-2-3-5-16)23-18(25)12-26-24(28-23)27-19-8-9-32-13-22(19)31/h6-7,10-12,16,19,22,31H,2-5,8-9,13H2,1H3,(H,26,27,28)/t19-,22-/m1/s1. The van der Waals surface area contributed by atoms with Crippen molar-refractivity contribution in [2.45, 2.75) is 57.2 Å². The van der Waals surface area contributed by atoms with E-state index in [9.17, 15) is 14.3 Å². The highest BCUT2D eigenvalue weighted by molar-refractivity contribution is 5.84. The van der Waals surface area contributed by atoms with Crippen molar-refractivity contribution in [2.24, 2.45) is 0 Å². The van der Waals surface area contributed by atoms with Crippen molar-refractivity contribution >= 4 is 16.9 Å². The minimum Gasteiger partial charge on any atom is -0.389 e. The molecule has 3 aromatic rings. The van der Waals surface area contributed by atoms with Gasteiger partial charge in [-0.05, 0) is 38.3 Å². The van der Waals surface area contributed by atoms with Crippen LogP contribution in [0.25, 0.3) is 22.2 Å². The van der Waals surface area contributed by atoms with Gasteiger partial charge in [0.15, 0.2) is 11.2 Å². The van der Waals surface area contributed by atoms with E-state index in [0.717, 1.165) is 30.2 Å². The van der Waals surface area contributed by atoms with Gasteiger partial charge >= 0.3 is 0 Å². The van der Waals surface area contributed by atoms with Gasteiger partial charge in [-0.1, -0.05) is 18.9 Å². The van der Waals surface area contributed by atoms with E-state index in [-0.39, 0.29) is 29.7 Å². The van der Waals surface area contributed by atoms with Gasteiger partial charge in [-0.25, -0.2) is 14.4 Å². The number of halogens is 1. The minimum atomic E-state index is -0.676. The molecule has 0 unspecified atom stereocenters. The average molecular weight is 439 g/mol. The van der Waals surface area contributed by atoms with Crippen LogP contribution in [0.2, 0.25) is 0 Å². The Morgan fingerprint density at radius 1 is 1.22 bits per heavy atom. The molecule has 7 nitrogen and oxygen atoms in total. The quantitative estimate of drug-likeness (QED) is 0.647. The first-order valence-corrected chi connectivity index (χ1v) is 11.2. The summed E-state index contributed by atoms with van der Waals surface area (Å²) in [5, 5.41) is 13.9. The zero-order chi connectivity index (χ0) is 22.2. The highest BCUT2D eigenvalue weighted by Gasteiger charge is 2.25. The van der Waals surface area contributed by atoms with Crippen LogP contribution in [-0.4, -0.2) is 45.0 Å². The van der Waals surface area contributed by atoms with E-state index < -0.39 is 11.9 Å². The van der Waals surface area contributed by atoms with Gasteiger partial charge in [0.05, 0.1) is 30.5 Å². The van der Waals surface area contributed by atoms with Crippen LogP contribution in [0.15, 0.2) is 35.3 Å². The minimum absolute atomic E-state index is 0.0303. The molecule has 1 aliphatic carbocycles. The molecule has 168 valence electrons. The van der Waals surface area contributed by atoms with E-state index in [1.54, 1.807) is 18.2 Å². The molecule has 2 atom stereocenters. The topological polar surface area (TPSA) is 89.3 Å². The van der Waals surface area contributed by atoms with E-state index in [4.69, 9.17) is 4.74 Å². The largest absolute Gasteiger partial charge is 0.389 e. The second-order valence-corrected chi connectivity index (χ2v) is 8.76. The molecule has 0 amide bonds. The lowest BCUT2D eigenvalue weighted by Crippen LogP contribution is -2.42. The maximum absolute atomic E-state index is 14.8. The fourth-order valence-corrected chi connectivity index (χ4v) is 4.96. The fraction of sp³-hybridized carbons (Fsp3) is 0.458. The second-order valence-electron chi connectivity index (χ2n) is 8.76. The third-order valence-electron chi connectivity index (χ3n) is 6.59. The predicted molar refractivity (Wildman–Crippen MR) is 120 cm³/mol. The molecule has 2 aromatic heterocycles. The van der Waals surface area contributed by atoms with Crippen molar-refractivity contribution in [3.8, 4) is 11.3 Å². The van der Waals surface area contributed by atoms with Gasteiger partial charge < -0.3 is 19.7 Å². The molecule has 2 N–H and O–H groups in total. The smallest absolute Gasteiger partial charge is 0.223 e. The lowest BCUT2D eigenvalue weighted by Gasteiger charge is -2.28. The van der Waals surface area contributed by atoms with E-state index >= 15 is 0 Å². The number of hydrogen-bond donors (Lipinski definition) is 2. The van der Waals surface area contributed by atoms with Gasteiger partial charge in [-0.15, -0.1) is 0 Å². The molecular weight excluding hydrogens is 411 g/mol. The number of nitrogens with zero attached hydrogens (tertiary/aromatic N) is 3. The molecule has 8 heteroatoms. The summed E-state index contributed by atoms with van der Waals surface area (Å²) in [6.07, 6.45) is 5.57. The molecule has 1 aliphatic heterocycles. The van der Waals surface area contributed by atoms with Crippen molar-refractivity contribution in [3.63, 3.8) is 0 Å². The number of aromatic nitrogens is 3. The molecule has 0 radical (unpaired) electrons. The Kier molecular flexibility index (Phi) is 5.65. The van der Waals surface area contributed by atoms with Crippen molar-refractivity contribution in [2.75, 3.05) is 18.5 Å². The number of rotatable bonds is 4. The maximum Gasteiger partial charge on any atom is 0.223 e. The third-order valence-corrected chi connectivity index (χ3v) is 6.59. The van der Waals surface area contributed by atoms with Crippen LogP contribution in [0.1, 0.15) is 43.8 Å². The Morgan fingerprint density at radius 2 is 2.03 bits per heavy atom. The summed E-state index contributed by atoms with van der Waals surface area (Å²) >= 11 is 0. The van der Waals surface area contributed by atoms with E-state index in [1.807, 2.05) is 13.0 Å². The van der Waals surface area contributed by atoms with Crippen LogP contribution >= 0.6 is 0 Å². The number of benzene rings is 1. The van der Waals surface area contributed by atoms with Gasteiger partial charge in [-0.3, -0.25) is 4.79 Å². The first-order valence-electron chi connectivity index (χ1n) is 11.2. The molecule has 5 rings (SSSR count). The highest BCUT2D eigenvalue weighted by atomic mass is 19.1. The van der Waals surface area contributed by atoms with Crippen molar-refractivity contribution < 1.29 is 14.2 Å². The Morgan fingerprint density at radius 3 is 2.81 bits per heavy atom. The van der Waals surface area contributed by atoms with Gasteiger partial charge in [0.25, 0.3) is 0 Å². The Balaban J connectivity index is 1.57. The van der Waals surface area contributed by atoms with Gasteiger partial charge in [0.2, 0.25) is 5.95 Å². The monoisotopic (exact) mass is 438 g/mol. The molecule has 0 spiro atoms. The molecule has 2 aliphatic rings. The van der Waals surface area contributed by atoms with Crippen LogP contribution in [0.5, 0.6) is 0 Å². The van der Waals surface area contributed by atoms with Crippen LogP contribution < -0.4 is 10.7 Å². The van der Waals surface area contributed by atoms with Crippen molar-refractivity contribution in [1.29, 1.82) is 0 Å². The summed E-state index contributed by atoms with van der Waals surface area (Å²) in [7, 11) is 0. The molecule has 1 saturated heterocycles. The summed E-state index contributed by atoms with van der Waals surface area (Å²) in [4.78, 5) is 21.1. The highest BCUT2D eigenvalue weighted by Crippen LogP contribution is 2.34. The second kappa shape index (κ2) is 8.60.